The summed E-state index contributed by atoms with van der Waals surface area (Å²) in [6.07, 6.45) is 1.17. The zero-order chi connectivity index (χ0) is 11.5. The van der Waals surface area contributed by atoms with E-state index in [0.717, 1.165) is 10.9 Å². The van der Waals surface area contributed by atoms with Crippen LogP contribution in [0, 0.1) is 0 Å². The number of aromatic nitrogens is 1. The summed E-state index contributed by atoms with van der Waals surface area (Å²) in [4.78, 5) is 11.7. The molecular weight excluding hydrogens is 204 g/mol. The molecule has 0 radical (unpaired) electrons. The van der Waals surface area contributed by atoms with Crippen LogP contribution >= 0.6 is 0 Å². The van der Waals surface area contributed by atoms with E-state index in [4.69, 9.17) is 5.84 Å². The van der Waals surface area contributed by atoms with Gasteiger partial charge in [0.15, 0.2) is 0 Å². The lowest BCUT2D eigenvalue weighted by molar-refractivity contribution is 0.0971. The molecule has 0 saturated heterocycles. The van der Waals surface area contributed by atoms with Crippen molar-refractivity contribution in [3.63, 3.8) is 0 Å². The summed E-state index contributed by atoms with van der Waals surface area (Å²) in [7, 11) is 1.84. The molecule has 0 aliphatic carbocycles. The topological polar surface area (TPSA) is 72.4 Å². The van der Waals surface area contributed by atoms with Gasteiger partial charge in [-0.05, 0) is 12.1 Å². The van der Waals surface area contributed by atoms with Gasteiger partial charge in [0.25, 0.3) is 5.91 Å². The Morgan fingerprint density at radius 1 is 1.50 bits per heavy atom. The van der Waals surface area contributed by atoms with E-state index in [1.54, 1.807) is 0 Å². The van der Waals surface area contributed by atoms with E-state index in [9.17, 15) is 4.79 Å². The highest BCUT2D eigenvalue weighted by molar-refractivity contribution is 6.03. The van der Waals surface area contributed by atoms with Gasteiger partial charge in [-0.2, -0.15) is 5.10 Å². The van der Waals surface area contributed by atoms with Crippen LogP contribution in [0.4, 0.5) is 0 Å². The quantitative estimate of drug-likeness (QED) is 0.337. The minimum atomic E-state index is -0.229. The maximum Gasteiger partial charge on any atom is 0.273 e. The van der Waals surface area contributed by atoms with Gasteiger partial charge in [0.05, 0.1) is 0 Å². The molecule has 2 rings (SSSR count). The fraction of sp³-hybridized carbons (Fsp3) is 0.0909. The van der Waals surface area contributed by atoms with Gasteiger partial charge < -0.3 is 15.7 Å². The fourth-order valence-electron chi connectivity index (χ4n) is 1.68. The van der Waals surface area contributed by atoms with Crippen LogP contribution in [0.1, 0.15) is 10.5 Å². The van der Waals surface area contributed by atoms with E-state index in [2.05, 4.69) is 10.4 Å². The number of carbonyl (C=O) groups excluding carboxylic acids is 1. The molecule has 2 aromatic rings. The number of para-hydroxylation sites is 1. The third-order valence-corrected chi connectivity index (χ3v) is 2.45. The number of amides is 1. The first kappa shape index (κ1) is 10.2. The zero-order valence-electron chi connectivity index (χ0n) is 8.84. The van der Waals surface area contributed by atoms with E-state index >= 15 is 0 Å². The molecule has 0 unspecified atom stereocenters. The average molecular weight is 216 g/mol. The maximum atomic E-state index is 11.7. The molecule has 0 bridgehead atoms. The van der Waals surface area contributed by atoms with Gasteiger partial charge in [-0.3, -0.25) is 4.79 Å². The number of aryl methyl sites for hydroxylation is 1. The predicted molar refractivity (Wildman–Crippen MR) is 63.1 cm³/mol. The second-order valence-electron chi connectivity index (χ2n) is 3.40. The number of hydrogen-bond acceptors (Lipinski definition) is 3. The van der Waals surface area contributed by atoms with Gasteiger partial charge in [0.1, 0.15) is 12.0 Å². The van der Waals surface area contributed by atoms with Gasteiger partial charge in [-0.25, -0.2) is 0 Å². The van der Waals surface area contributed by atoms with Gasteiger partial charge >= 0.3 is 0 Å². The Labute approximate surface area is 92.5 Å². The molecule has 16 heavy (non-hydrogen) atoms. The van der Waals surface area contributed by atoms with Crippen LogP contribution in [-0.4, -0.2) is 16.8 Å². The van der Waals surface area contributed by atoms with E-state index in [1.807, 2.05) is 41.9 Å². The minimum Gasteiger partial charge on any atom is -0.340 e. The molecular formula is C11H12N4O. The third-order valence-electron chi connectivity index (χ3n) is 2.45. The van der Waals surface area contributed by atoms with E-state index < -0.39 is 0 Å². The highest BCUT2D eigenvalue weighted by Crippen LogP contribution is 2.17. The maximum absolute atomic E-state index is 11.7. The molecule has 82 valence electrons. The van der Waals surface area contributed by atoms with Crippen molar-refractivity contribution in [1.82, 2.24) is 9.88 Å². The van der Waals surface area contributed by atoms with Crippen LogP contribution in [0.25, 0.3) is 10.9 Å². The first-order chi connectivity index (χ1) is 7.74. The number of carbonyl (C=O) groups is 1. The Kier molecular flexibility index (Phi) is 2.59. The minimum absolute atomic E-state index is 0.229. The summed E-state index contributed by atoms with van der Waals surface area (Å²) in [6, 6.07) is 9.62. The number of hydrogen-bond donors (Lipinski definition) is 2. The van der Waals surface area contributed by atoms with Crippen LogP contribution in [0.2, 0.25) is 0 Å². The van der Waals surface area contributed by atoms with Crippen molar-refractivity contribution in [3.8, 4) is 0 Å². The second kappa shape index (κ2) is 4.06. The van der Waals surface area contributed by atoms with Gasteiger partial charge in [0, 0.05) is 18.0 Å². The lowest BCUT2D eigenvalue weighted by atomic mass is 10.2. The Bertz CT molecular complexity index is 556. The molecule has 5 nitrogen and oxygen atoms in total. The lowest BCUT2D eigenvalue weighted by Gasteiger charge is -2.01. The van der Waals surface area contributed by atoms with Crippen molar-refractivity contribution < 1.29 is 4.79 Å². The molecule has 3 N–H and O–H groups in total. The molecule has 0 atom stereocenters. The Hall–Kier alpha value is -2.30. The number of nitrogens with one attached hydrogen (secondary N) is 1. The molecule has 0 saturated carbocycles. The monoisotopic (exact) mass is 216 g/mol. The SMILES string of the molecule is Cn1c(C(=O)NC=NN)cc2ccccc21. The summed E-state index contributed by atoms with van der Waals surface area (Å²) in [5, 5.41) is 6.72. The molecule has 1 amide bonds. The second-order valence-corrected chi connectivity index (χ2v) is 3.40. The van der Waals surface area contributed by atoms with Crippen LogP contribution in [0.15, 0.2) is 35.4 Å². The predicted octanol–water partition coefficient (Wildman–Crippen LogP) is 0.810. The standard InChI is InChI=1S/C11H12N4O/c1-15-9-5-3-2-4-8(9)6-10(15)11(16)13-7-14-12/h2-7H,12H2,1H3,(H,13,14,16). The number of rotatable bonds is 2. The molecule has 0 fully saturated rings. The Balaban J connectivity index is 2.45. The lowest BCUT2D eigenvalue weighted by Crippen LogP contribution is -2.24. The summed E-state index contributed by atoms with van der Waals surface area (Å²) < 4.78 is 1.83. The molecule has 0 aliphatic heterocycles. The fourth-order valence-corrected chi connectivity index (χ4v) is 1.68. The van der Waals surface area contributed by atoms with E-state index in [1.165, 1.54) is 6.34 Å². The number of nitrogens with zero attached hydrogens (tertiary/aromatic N) is 2. The molecule has 1 aromatic carbocycles. The summed E-state index contributed by atoms with van der Waals surface area (Å²) >= 11 is 0. The zero-order valence-corrected chi connectivity index (χ0v) is 8.84. The van der Waals surface area contributed by atoms with E-state index in [-0.39, 0.29) is 5.91 Å². The van der Waals surface area contributed by atoms with Crippen LogP contribution in [0.5, 0.6) is 0 Å². The summed E-state index contributed by atoms with van der Waals surface area (Å²) in [6.45, 7) is 0. The number of fused-ring (bicyclic) bond motifs is 1. The summed E-state index contributed by atoms with van der Waals surface area (Å²) in [5.41, 5.74) is 1.58. The molecule has 1 aromatic heterocycles. The van der Waals surface area contributed by atoms with Crippen molar-refractivity contribution >= 4 is 23.1 Å². The van der Waals surface area contributed by atoms with Gasteiger partial charge in [-0.15, -0.1) is 0 Å². The first-order valence-electron chi connectivity index (χ1n) is 4.81. The molecule has 0 spiro atoms. The first-order valence-corrected chi connectivity index (χ1v) is 4.81. The van der Waals surface area contributed by atoms with Crippen molar-refractivity contribution in [2.24, 2.45) is 18.0 Å². The van der Waals surface area contributed by atoms with E-state index in [0.29, 0.717) is 5.69 Å². The van der Waals surface area contributed by atoms with Crippen LogP contribution < -0.4 is 11.2 Å². The van der Waals surface area contributed by atoms with Gasteiger partial charge in [-0.1, -0.05) is 18.2 Å². The van der Waals surface area contributed by atoms with Crippen molar-refractivity contribution in [2.45, 2.75) is 0 Å². The number of hydrazone groups is 1. The third kappa shape index (κ3) is 1.63. The summed E-state index contributed by atoms with van der Waals surface area (Å²) in [5.74, 6) is 4.69. The molecule has 5 heteroatoms. The van der Waals surface area contributed by atoms with Crippen LogP contribution in [0.3, 0.4) is 0 Å². The van der Waals surface area contributed by atoms with Crippen LogP contribution in [-0.2, 0) is 7.05 Å². The molecule has 0 aliphatic rings. The number of nitrogens with two attached hydrogens (primary N) is 1. The van der Waals surface area contributed by atoms with Gasteiger partial charge in [0.2, 0.25) is 0 Å². The average Bonchev–Trinajstić information content (AvgIpc) is 2.64. The van der Waals surface area contributed by atoms with Crippen molar-refractivity contribution in [3.05, 3.63) is 36.0 Å². The largest absolute Gasteiger partial charge is 0.340 e. The Morgan fingerprint density at radius 3 is 2.94 bits per heavy atom. The van der Waals surface area contributed by atoms with Crippen molar-refractivity contribution in [2.75, 3.05) is 0 Å². The Morgan fingerprint density at radius 2 is 2.25 bits per heavy atom. The smallest absolute Gasteiger partial charge is 0.273 e. The normalized spacial score (nSPS) is 11.1. The highest BCUT2D eigenvalue weighted by atomic mass is 16.1. The van der Waals surface area contributed by atoms with Crippen molar-refractivity contribution in [1.29, 1.82) is 0 Å². The highest BCUT2D eigenvalue weighted by Gasteiger charge is 2.11. The molecule has 1 heterocycles. The number of benzene rings is 1.